The molecule has 20 heavy (non-hydrogen) atoms. The molecule has 0 fully saturated rings. The topological polar surface area (TPSA) is 148 Å². The van der Waals surface area contributed by atoms with Gasteiger partial charge in [-0.05, 0) is 25.8 Å². The van der Waals surface area contributed by atoms with Gasteiger partial charge in [0.25, 0.3) is 0 Å². The molecular weight excluding hydrogens is 270 g/mol. The largest absolute Gasteiger partial charge is 0.474 e. The van der Waals surface area contributed by atoms with Crippen molar-refractivity contribution in [1.82, 2.24) is 10.6 Å². The summed E-state index contributed by atoms with van der Waals surface area (Å²) in [5, 5.41) is 12.8. The van der Waals surface area contributed by atoms with Crippen molar-refractivity contribution in [3.8, 4) is 0 Å². The Labute approximate surface area is 115 Å². The molecule has 0 rings (SSSR count). The zero-order valence-electron chi connectivity index (χ0n) is 11.2. The molecule has 0 spiro atoms. The highest BCUT2D eigenvalue weighted by molar-refractivity contribution is 6.32. The Bertz CT molecular complexity index is 371. The molecule has 9 nitrogen and oxygen atoms in total. The molecular formula is C11H19N3O6. The molecule has 0 unspecified atom stereocenters. The molecule has 9 heteroatoms. The van der Waals surface area contributed by atoms with Gasteiger partial charge in [-0.15, -0.1) is 0 Å². The third kappa shape index (κ3) is 7.31. The fraction of sp³-hybridized carbons (Fsp3) is 0.636. The molecule has 0 aromatic heterocycles. The van der Waals surface area contributed by atoms with Crippen LogP contribution in [0.5, 0.6) is 0 Å². The van der Waals surface area contributed by atoms with Crippen LogP contribution in [0.4, 0.5) is 0 Å². The lowest BCUT2D eigenvalue weighted by Crippen LogP contribution is -2.49. The molecule has 0 saturated carbocycles. The number of carbonyl (C=O) groups excluding carboxylic acids is 3. The minimum Gasteiger partial charge on any atom is -0.474 e. The van der Waals surface area contributed by atoms with Crippen molar-refractivity contribution in [1.29, 1.82) is 0 Å². The van der Waals surface area contributed by atoms with Crippen LogP contribution in [0.1, 0.15) is 19.3 Å². The highest BCUT2D eigenvalue weighted by Gasteiger charge is 2.23. The van der Waals surface area contributed by atoms with Gasteiger partial charge in [0.15, 0.2) is 0 Å². The van der Waals surface area contributed by atoms with E-state index in [1.165, 1.54) is 7.11 Å². The smallest absolute Gasteiger partial charge is 0.394 e. The lowest BCUT2D eigenvalue weighted by molar-refractivity contribution is -0.151. The van der Waals surface area contributed by atoms with Crippen molar-refractivity contribution in [2.24, 2.45) is 5.73 Å². The Morgan fingerprint density at radius 3 is 2.40 bits per heavy atom. The number of carbonyl (C=O) groups is 4. The summed E-state index contributed by atoms with van der Waals surface area (Å²) in [5.41, 5.74) is 5.31. The van der Waals surface area contributed by atoms with Crippen LogP contribution in [-0.4, -0.2) is 55.1 Å². The second-order valence-electron chi connectivity index (χ2n) is 3.91. The van der Waals surface area contributed by atoms with Crippen LogP contribution >= 0.6 is 0 Å². The molecule has 0 radical (unpaired) electrons. The van der Waals surface area contributed by atoms with Crippen LogP contribution < -0.4 is 16.4 Å². The van der Waals surface area contributed by atoms with Crippen molar-refractivity contribution >= 4 is 23.8 Å². The summed E-state index contributed by atoms with van der Waals surface area (Å²) in [5.74, 6) is -4.27. The van der Waals surface area contributed by atoms with Gasteiger partial charge in [-0.3, -0.25) is 14.4 Å². The van der Waals surface area contributed by atoms with Crippen molar-refractivity contribution in [2.75, 3.05) is 20.2 Å². The van der Waals surface area contributed by atoms with Gasteiger partial charge < -0.3 is 26.2 Å². The summed E-state index contributed by atoms with van der Waals surface area (Å²) < 4.78 is 4.35. The molecule has 1 atom stereocenters. The van der Waals surface area contributed by atoms with Crippen LogP contribution in [-0.2, 0) is 23.9 Å². The lowest BCUT2D eigenvalue weighted by atomic mass is 10.1. The van der Waals surface area contributed by atoms with Gasteiger partial charge in [-0.2, -0.15) is 0 Å². The Hall–Kier alpha value is -2.16. The number of hydrogen-bond donors (Lipinski definition) is 4. The van der Waals surface area contributed by atoms with Gasteiger partial charge in [0, 0.05) is 0 Å². The zero-order valence-corrected chi connectivity index (χ0v) is 11.2. The number of esters is 1. The number of rotatable bonds is 8. The summed E-state index contributed by atoms with van der Waals surface area (Å²) in [6.07, 6.45) is 1.39. The fourth-order valence-corrected chi connectivity index (χ4v) is 1.34. The number of amides is 2. The summed E-state index contributed by atoms with van der Waals surface area (Å²) in [4.78, 5) is 44.2. The first-order valence-corrected chi connectivity index (χ1v) is 6.00. The second-order valence-corrected chi connectivity index (χ2v) is 3.91. The van der Waals surface area contributed by atoms with Gasteiger partial charge in [-0.1, -0.05) is 0 Å². The molecule has 0 heterocycles. The van der Waals surface area contributed by atoms with E-state index in [0.29, 0.717) is 19.4 Å². The summed E-state index contributed by atoms with van der Waals surface area (Å²) in [7, 11) is 1.17. The van der Waals surface area contributed by atoms with Gasteiger partial charge in [0.2, 0.25) is 5.91 Å². The van der Waals surface area contributed by atoms with E-state index in [1.54, 1.807) is 0 Å². The minimum atomic E-state index is -1.69. The van der Waals surface area contributed by atoms with E-state index < -0.39 is 29.8 Å². The van der Waals surface area contributed by atoms with Crippen molar-refractivity contribution in [2.45, 2.75) is 25.3 Å². The van der Waals surface area contributed by atoms with E-state index in [-0.39, 0.29) is 13.0 Å². The normalized spacial score (nSPS) is 11.3. The first kappa shape index (κ1) is 17.8. The average Bonchev–Trinajstić information content (AvgIpc) is 2.42. The van der Waals surface area contributed by atoms with Crippen molar-refractivity contribution in [3.05, 3.63) is 0 Å². The maximum atomic E-state index is 11.8. The van der Waals surface area contributed by atoms with Crippen LogP contribution in [0, 0.1) is 0 Å². The maximum Gasteiger partial charge on any atom is 0.394 e. The second kappa shape index (κ2) is 9.73. The summed E-state index contributed by atoms with van der Waals surface area (Å²) >= 11 is 0. The predicted molar refractivity (Wildman–Crippen MR) is 67.5 cm³/mol. The Balaban J connectivity index is 4.48. The van der Waals surface area contributed by atoms with Gasteiger partial charge in [-0.25, -0.2) is 4.79 Å². The number of nitrogens with two attached hydrogens (primary N) is 1. The predicted octanol–water partition coefficient (Wildman–Crippen LogP) is -2.03. The van der Waals surface area contributed by atoms with Gasteiger partial charge in [0.05, 0.1) is 7.11 Å². The number of hydrogen-bond acceptors (Lipinski definition) is 6. The first-order chi connectivity index (χ1) is 9.42. The average molecular weight is 289 g/mol. The van der Waals surface area contributed by atoms with E-state index in [4.69, 9.17) is 10.8 Å². The Kier molecular flexibility index (Phi) is 8.68. The standard InChI is InChI=1S/C11H19N3O6/c1-20-8(15)6-13-9(16)7(4-2-3-5-12)14-10(17)11(18)19/h7H,2-6,12H2,1H3,(H,13,16)(H,14,17)(H,18,19)/t7-/m0/s1. The van der Waals surface area contributed by atoms with E-state index >= 15 is 0 Å². The number of aliphatic carboxylic acids is 1. The molecule has 2 amide bonds. The minimum absolute atomic E-state index is 0.225. The molecule has 0 saturated heterocycles. The van der Waals surface area contributed by atoms with E-state index in [9.17, 15) is 19.2 Å². The number of unbranched alkanes of at least 4 members (excludes halogenated alkanes) is 1. The third-order valence-corrected chi connectivity index (χ3v) is 2.40. The van der Waals surface area contributed by atoms with Crippen molar-refractivity contribution in [3.63, 3.8) is 0 Å². The lowest BCUT2D eigenvalue weighted by Gasteiger charge is -2.16. The fourth-order valence-electron chi connectivity index (χ4n) is 1.34. The number of methoxy groups -OCH3 is 1. The number of ether oxygens (including phenoxy) is 1. The van der Waals surface area contributed by atoms with Crippen molar-refractivity contribution < 1.29 is 29.0 Å². The molecule has 0 bridgehead atoms. The zero-order chi connectivity index (χ0) is 15.5. The highest BCUT2D eigenvalue weighted by Crippen LogP contribution is 2.01. The summed E-state index contributed by atoms with van der Waals surface area (Å²) in [6.45, 7) is 0.0645. The highest BCUT2D eigenvalue weighted by atomic mass is 16.5. The molecule has 5 N–H and O–H groups in total. The summed E-state index contributed by atoms with van der Waals surface area (Å²) in [6, 6.07) is -1.03. The molecule has 0 aliphatic rings. The van der Waals surface area contributed by atoms with Gasteiger partial charge in [0.1, 0.15) is 12.6 Å². The van der Waals surface area contributed by atoms with E-state index in [2.05, 4.69) is 15.4 Å². The number of carboxylic acids is 1. The molecule has 0 aromatic carbocycles. The first-order valence-electron chi connectivity index (χ1n) is 6.00. The van der Waals surface area contributed by atoms with Crippen LogP contribution in [0.15, 0.2) is 0 Å². The monoisotopic (exact) mass is 289 g/mol. The molecule has 114 valence electrons. The molecule has 0 aromatic rings. The maximum absolute atomic E-state index is 11.8. The molecule has 0 aliphatic heterocycles. The van der Waals surface area contributed by atoms with Crippen LogP contribution in [0.2, 0.25) is 0 Å². The Morgan fingerprint density at radius 1 is 1.25 bits per heavy atom. The Morgan fingerprint density at radius 2 is 1.90 bits per heavy atom. The molecule has 0 aliphatic carbocycles. The van der Waals surface area contributed by atoms with E-state index in [1.807, 2.05) is 0 Å². The number of carboxylic acid groups (broad SMARTS) is 1. The number of nitrogens with one attached hydrogen (secondary N) is 2. The van der Waals surface area contributed by atoms with E-state index in [0.717, 1.165) is 0 Å². The van der Waals surface area contributed by atoms with Gasteiger partial charge >= 0.3 is 17.8 Å². The van der Waals surface area contributed by atoms with Crippen LogP contribution in [0.25, 0.3) is 0 Å². The quantitative estimate of drug-likeness (QED) is 0.229. The SMILES string of the molecule is COC(=O)CNC(=O)[C@H](CCCCN)NC(=O)C(=O)O. The third-order valence-electron chi connectivity index (χ3n) is 2.40. The van der Waals surface area contributed by atoms with Crippen LogP contribution in [0.3, 0.4) is 0 Å².